The summed E-state index contributed by atoms with van der Waals surface area (Å²) >= 11 is 1.30. The molecule has 3 aromatic carbocycles. The number of halogens is 1. The van der Waals surface area contributed by atoms with Crippen LogP contribution in [0.2, 0.25) is 0 Å². The number of para-hydroxylation sites is 1. The van der Waals surface area contributed by atoms with Crippen molar-refractivity contribution in [3.63, 3.8) is 0 Å². The highest BCUT2D eigenvalue weighted by Gasteiger charge is 2.49. The molecule has 0 saturated carbocycles. The number of nitrogens with zero attached hydrogens (tertiary/aromatic N) is 2. The zero-order valence-corrected chi connectivity index (χ0v) is 19.8. The van der Waals surface area contributed by atoms with Gasteiger partial charge in [0.25, 0.3) is 5.78 Å². The summed E-state index contributed by atoms with van der Waals surface area (Å²) in [4.78, 5) is 32.7. The number of benzene rings is 3. The minimum absolute atomic E-state index is 0.111. The molecule has 5 rings (SSSR count). The average molecular weight is 489 g/mol. The lowest BCUT2D eigenvalue weighted by Gasteiger charge is -2.24. The standard InChI is InChI=1S/C27H21FN2O4S/c1-3-15-8-13-19-21(14-15)35-27(29-19)30-23(18-6-4-5-7-20(18)34-2)22(25(32)26(30)33)24(31)16-9-11-17(28)12-10-16/h4-14,23,31H,3H2,1-2H3. The third kappa shape index (κ3) is 3.85. The lowest BCUT2D eigenvalue weighted by molar-refractivity contribution is -0.132. The van der Waals surface area contributed by atoms with Gasteiger partial charge in [0.1, 0.15) is 23.4 Å². The third-order valence-electron chi connectivity index (χ3n) is 6.05. The second-order valence-corrected chi connectivity index (χ2v) is 9.08. The molecule has 1 unspecified atom stereocenters. The summed E-state index contributed by atoms with van der Waals surface area (Å²) in [5.74, 6) is -2.08. The first-order valence-electron chi connectivity index (χ1n) is 11.0. The average Bonchev–Trinajstić information content (AvgIpc) is 3.41. The maximum Gasteiger partial charge on any atom is 0.301 e. The molecular formula is C27H21FN2O4S. The Morgan fingerprint density at radius 3 is 2.57 bits per heavy atom. The number of aromatic nitrogens is 1. The highest BCUT2D eigenvalue weighted by atomic mass is 32.1. The monoisotopic (exact) mass is 488 g/mol. The van der Waals surface area contributed by atoms with Gasteiger partial charge in [-0.3, -0.25) is 14.5 Å². The van der Waals surface area contributed by atoms with Crippen LogP contribution in [0.1, 0.15) is 29.7 Å². The first-order chi connectivity index (χ1) is 16.9. The van der Waals surface area contributed by atoms with Crippen molar-refractivity contribution in [2.75, 3.05) is 12.0 Å². The maximum atomic E-state index is 13.5. The van der Waals surface area contributed by atoms with E-state index in [0.717, 1.165) is 16.7 Å². The summed E-state index contributed by atoms with van der Waals surface area (Å²) in [5, 5.41) is 11.5. The van der Waals surface area contributed by atoms with Crippen LogP contribution in [-0.4, -0.2) is 28.9 Å². The molecule has 0 spiro atoms. The van der Waals surface area contributed by atoms with E-state index in [0.29, 0.717) is 22.0 Å². The zero-order chi connectivity index (χ0) is 24.7. The van der Waals surface area contributed by atoms with Crippen LogP contribution >= 0.6 is 11.3 Å². The number of rotatable bonds is 5. The number of hydrogen-bond donors (Lipinski definition) is 1. The summed E-state index contributed by atoms with van der Waals surface area (Å²) in [6, 6.07) is 17.0. The largest absolute Gasteiger partial charge is 0.507 e. The molecule has 0 bridgehead atoms. The molecule has 1 saturated heterocycles. The van der Waals surface area contributed by atoms with E-state index in [4.69, 9.17) is 4.74 Å². The number of carbonyl (C=O) groups is 2. The fourth-order valence-corrected chi connectivity index (χ4v) is 5.32. The zero-order valence-electron chi connectivity index (χ0n) is 19.0. The maximum absolute atomic E-state index is 13.5. The van der Waals surface area contributed by atoms with Gasteiger partial charge >= 0.3 is 5.91 Å². The minimum atomic E-state index is -0.984. The summed E-state index contributed by atoms with van der Waals surface area (Å²) in [5.41, 5.74) is 2.47. The van der Waals surface area contributed by atoms with Gasteiger partial charge in [-0.05, 0) is 54.4 Å². The van der Waals surface area contributed by atoms with Crippen molar-refractivity contribution in [3.05, 3.63) is 94.8 Å². The van der Waals surface area contributed by atoms with E-state index in [9.17, 15) is 19.1 Å². The van der Waals surface area contributed by atoms with Gasteiger partial charge in [0.05, 0.1) is 22.9 Å². The lowest BCUT2D eigenvalue weighted by atomic mass is 9.94. The van der Waals surface area contributed by atoms with Crippen molar-refractivity contribution in [2.24, 2.45) is 0 Å². The Hall–Kier alpha value is -4.04. The van der Waals surface area contributed by atoms with Gasteiger partial charge in [0.2, 0.25) is 0 Å². The first kappa shape index (κ1) is 22.7. The van der Waals surface area contributed by atoms with Crippen LogP contribution in [0.3, 0.4) is 0 Å². The van der Waals surface area contributed by atoms with Crippen molar-refractivity contribution in [3.8, 4) is 5.75 Å². The molecule has 1 aliphatic heterocycles. The fourth-order valence-electron chi connectivity index (χ4n) is 4.26. The molecule has 1 aromatic heterocycles. The molecule has 0 radical (unpaired) electrons. The minimum Gasteiger partial charge on any atom is -0.507 e. The number of amides is 1. The normalized spacial score (nSPS) is 17.3. The van der Waals surface area contributed by atoms with Crippen LogP contribution in [0.4, 0.5) is 9.52 Å². The van der Waals surface area contributed by atoms with Crippen molar-refractivity contribution < 1.29 is 23.8 Å². The summed E-state index contributed by atoms with van der Waals surface area (Å²) in [6.45, 7) is 2.05. The Labute approximate surface area is 204 Å². The first-order valence-corrected chi connectivity index (χ1v) is 11.8. The van der Waals surface area contributed by atoms with Crippen LogP contribution < -0.4 is 9.64 Å². The second-order valence-electron chi connectivity index (χ2n) is 8.07. The highest BCUT2D eigenvalue weighted by molar-refractivity contribution is 7.22. The van der Waals surface area contributed by atoms with E-state index in [1.165, 1.54) is 47.6 Å². The number of aryl methyl sites for hydroxylation is 1. The number of anilines is 1. The van der Waals surface area contributed by atoms with E-state index >= 15 is 0 Å². The molecule has 1 N–H and O–H groups in total. The summed E-state index contributed by atoms with van der Waals surface area (Å²) in [6.07, 6.45) is 0.854. The van der Waals surface area contributed by atoms with Crippen molar-refractivity contribution in [1.82, 2.24) is 4.98 Å². The van der Waals surface area contributed by atoms with Crippen LogP contribution in [-0.2, 0) is 16.0 Å². The topological polar surface area (TPSA) is 79.7 Å². The predicted octanol–water partition coefficient (Wildman–Crippen LogP) is 5.63. The summed E-state index contributed by atoms with van der Waals surface area (Å²) < 4.78 is 19.9. The predicted molar refractivity (Wildman–Crippen MR) is 133 cm³/mol. The van der Waals surface area contributed by atoms with Crippen molar-refractivity contribution in [2.45, 2.75) is 19.4 Å². The number of ketones is 1. The van der Waals surface area contributed by atoms with Crippen LogP contribution in [0, 0.1) is 5.82 Å². The number of fused-ring (bicyclic) bond motifs is 1. The highest BCUT2D eigenvalue weighted by Crippen LogP contribution is 2.46. The van der Waals surface area contributed by atoms with Gasteiger partial charge in [-0.25, -0.2) is 9.37 Å². The number of ether oxygens (including phenoxy) is 1. The molecule has 8 heteroatoms. The van der Waals surface area contributed by atoms with Crippen LogP contribution in [0.5, 0.6) is 5.75 Å². The van der Waals surface area contributed by atoms with Gasteiger partial charge in [-0.1, -0.05) is 42.5 Å². The van der Waals surface area contributed by atoms with Gasteiger partial charge in [-0.2, -0.15) is 0 Å². The Kier molecular flexibility index (Phi) is 5.82. The van der Waals surface area contributed by atoms with E-state index < -0.39 is 29.3 Å². The number of Topliss-reactive ketones (excluding diaryl/α,β-unsaturated/α-hetero) is 1. The molecule has 0 aliphatic carbocycles. The van der Waals surface area contributed by atoms with E-state index in [1.807, 2.05) is 18.2 Å². The number of hydrogen-bond acceptors (Lipinski definition) is 6. The van der Waals surface area contributed by atoms with Crippen molar-refractivity contribution >= 4 is 44.1 Å². The smallest absolute Gasteiger partial charge is 0.301 e. The molecular weight excluding hydrogens is 467 g/mol. The van der Waals surface area contributed by atoms with E-state index in [-0.39, 0.29) is 11.1 Å². The van der Waals surface area contributed by atoms with Gasteiger partial charge in [-0.15, -0.1) is 0 Å². The molecule has 1 aliphatic rings. The third-order valence-corrected chi connectivity index (χ3v) is 7.07. The lowest BCUT2D eigenvalue weighted by Crippen LogP contribution is -2.29. The van der Waals surface area contributed by atoms with E-state index in [2.05, 4.69) is 11.9 Å². The van der Waals surface area contributed by atoms with Gasteiger partial charge in [0.15, 0.2) is 5.13 Å². The van der Waals surface area contributed by atoms with Crippen molar-refractivity contribution in [1.29, 1.82) is 0 Å². The Morgan fingerprint density at radius 2 is 1.86 bits per heavy atom. The van der Waals surface area contributed by atoms with Gasteiger partial charge < -0.3 is 9.84 Å². The Morgan fingerprint density at radius 1 is 1.11 bits per heavy atom. The Balaban J connectivity index is 1.74. The SMILES string of the molecule is CCc1ccc2nc(N3C(=O)C(=O)C(=C(O)c4ccc(F)cc4)C3c3ccccc3OC)sc2c1. The van der Waals surface area contributed by atoms with Gasteiger partial charge in [0, 0.05) is 11.1 Å². The molecule has 4 aromatic rings. The second kappa shape index (κ2) is 8.96. The summed E-state index contributed by atoms with van der Waals surface area (Å²) in [7, 11) is 1.49. The molecule has 6 nitrogen and oxygen atoms in total. The molecule has 1 amide bonds. The quantitative estimate of drug-likeness (QED) is 0.224. The number of thiazole rings is 1. The molecule has 1 atom stereocenters. The molecule has 35 heavy (non-hydrogen) atoms. The van der Waals surface area contributed by atoms with Crippen LogP contribution in [0.25, 0.3) is 16.0 Å². The molecule has 176 valence electrons. The fraction of sp³-hybridized carbons (Fsp3) is 0.148. The number of aliphatic hydroxyl groups is 1. The number of carbonyl (C=O) groups excluding carboxylic acids is 2. The molecule has 1 fully saturated rings. The van der Waals surface area contributed by atoms with Crippen LogP contribution in [0.15, 0.2) is 72.3 Å². The molecule has 2 heterocycles. The number of aliphatic hydroxyl groups excluding tert-OH is 1. The number of methoxy groups -OCH3 is 1. The Bertz CT molecular complexity index is 1490. The van der Waals surface area contributed by atoms with E-state index in [1.54, 1.807) is 24.3 Å².